The summed E-state index contributed by atoms with van der Waals surface area (Å²) in [7, 11) is 0. The molecule has 24 heavy (non-hydrogen) atoms. The van der Waals surface area contributed by atoms with Gasteiger partial charge in [-0.2, -0.15) is 5.26 Å². The van der Waals surface area contributed by atoms with E-state index in [0.717, 1.165) is 17.1 Å². The van der Waals surface area contributed by atoms with Crippen molar-refractivity contribution in [2.24, 2.45) is 0 Å². The molecule has 0 spiro atoms. The van der Waals surface area contributed by atoms with Crippen molar-refractivity contribution in [2.75, 3.05) is 12.1 Å². The van der Waals surface area contributed by atoms with Crippen molar-refractivity contribution in [1.82, 2.24) is 0 Å². The second-order valence-electron chi connectivity index (χ2n) is 5.01. The van der Waals surface area contributed by atoms with E-state index in [1.54, 1.807) is 36.4 Å². The van der Waals surface area contributed by atoms with E-state index < -0.39 is 0 Å². The first-order valence-electron chi connectivity index (χ1n) is 7.30. The molecule has 2 aromatic carbocycles. The maximum absolute atomic E-state index is 11.8. The zero-order valence-corrected chi connectivity index (χ0v) is 12.7. The molecule has 0 saturated heterocycles. The van der Waals surface area contributed by atoms with E-state index >= 15 is 0 Å². The lowest BCUT2D eigenvalue weighted by Crippen LogP contribution is -2.07. The van der Waals surface area contributed by atoms with Gasteiger partial charge in [-0.25, -0.2) is 0 Å². The van der Waals surface area contributed by atoms with Gasteiger partial charge in [-0.3, -0.25) is 4.79 Å². The maximum Gasteiger partial charge on any atom is 0.248 e. The lowest BCUT2D eigenvalue weighted by atomic mass is 10.2. The summed E-state index contributed by atoms with van der Waals surface area (Å²) < 4.78 is 10.6. The monoisotopic (exact) mass is 318 g/mol. The van der Waals surface area contributed by atoms with E-state index in [0.29, 0.717) is 11.3 Å². The number of hydrogen-bond donors (Lipinski definition) is 1. The summed E-state index contributed by atoms with van der Waals surface area (Å²) in [5.74, 6) is 1.22. The van der Waals surface area contributed by atoms with Crippen LogP contribution in [-0.4, -0.2) is 12.7 Å². The minimum atomic E-state index is -0.241. The minimum absolute atomic E-state index is 0.241. The molecule has 3 rings (SSSR count). The Morgan fingerprint density at radius 2 is 1.88 bits per heavy atom. The largest absolute Gasteiger partial charge is 0.454 e. The highest BCUT2D eigenvalue weighted by Crippen LogP contribution is 2.32. The molecule has 1 aliphatic rings. The minimum Gasteiger partial charge on any atom is -0.454 e. The van der Waals surface area contributed by atoms with E-state index in [1.807, 2.05) is 30.3 Å². The average Bonchev–Trinajstić information content (AvgIpc) is 3.07. The van der Waals surface area contributed by atoms with Gasteiger partial charge >= 0.3 is 0 Å². The normalized spacial score (nSPS) is 12.5. The van der Waals surface area contributed by atoms with Gasteiger partial charge in [0.15, 0.2) is 11.5 Å². The molecular weight excluding hydrogens is 304 g/mol. The van der Waals surface area contributed by atoms with Crippen LogP contribution in [0.15, 0.2) is 60.7 Å². The number of nitrogens with one attached hydrogen (secondary N) is 1. The van der Waals surface area contributed by atoms with Crippen molar-refractivity contribution in [3.05, 3.63) is 71.8 Å². The maximum atomic E-state index is 11.8. The number of rotatable bonds is 4. The summed E-state index contributed by atoms with van der Waals surface area (Å²) in [5, 5.41) is 11.4. The summed E-state index contributed by atoms with van der Waals surface area (Å²) in [6.07, 6.45) is 6.73. The number of fused-ring (bicyclic) bond motifs is 1. The van der Waals surface area contributed by atoms with Crippen molar-refractivity contribution >= 4 is 17.7 Å². The number of ether oxygens (including phenoxy) is 2. The Labute approximate surface area is 139 Å². The van der Waals surface area contributed by atoms with Gasteiger partial charge in [-0.1, -0.05) is 24.3 Å². The van der Waals surface area contributed by atoms with Crippen LogP contribution in [0.25, 0.3) is 6.08 Å². The summed E-state index contributed by atoms with van der Waals surface area (Å²) in [5.41, 5.74) is 2.15. The van der Waals surface area contributed by atoms with Crippen molar-refractivity contribution in [3.63, 3.8) is 0 Å². The highest BCUT2D eigenvalue weighted by atomic mass is 16.7. The number of amides is 1. The van der Waals surface area contributed by atoms with E-state index in [1.165, 1.54) is 6.08 Å². The Bertz CT molecular complexity index is 846. The first kappa shape index (κ1) is 15.4. The van der Waals surface area contributed by atoms with Crippen LogP contribution in [0.2, 0.25) is 0 Å². The van der Waals surface area contributed by atoms with Crippen molar-refractivity contribution in [2.45, 2.75) is 0 Å². The van der Waals surface area contributed by atoms with Gasteiger partial charge in [0.2, 0.25) is 12.7 Å². The van der Waals surface area contributed by atoms with Crippen molar-refractivity contribution in [1.29, 1.82) is 5.26 Å². The van der Waals surface area contributed by atoms with Gasteiger partial charge in [0.05, 0.1) is 11.6 Å². The van der Waals surface area contributed by atoms with E-state index in [-0.39, 0.29) is 12.7 Å². The fourth-order valence-corrected chi connectivity index (χ4v) is 2.14. The van der Waals surface area contributed by atoms with E-state index in [2.05, 4.69) is 5.32 Å². The SMILES string of the molecule is N#Cc1ccc(NC(=O)/C=C/C=C/c2ccc3c(c2)OCO3)cc1. The predicted molar refractivity (Wildman–Crippen MR) is 90.5 cm³/mol. The van der Waals surface area contributed by atoms with Crippen LogP contribution < -0.4 is 14.8 Å². The van der Waals surface area contributed by atoms with Crippen LogP contribution in [0.3, 0.4) is 0 Å². The van der Waals surface area contributed by atoms with Crippen LogP contribution in [0, 0.1) is 11.3 Å². The zero-order valence-electron chi connectivity index (χ0n) is 12.7. The second kappa shape index (κ2) is 7.16. The molecule has 0 aliphatic carbocycles. The summed E-state index contributed by atoms with van der Waals surface area (Å²) in [6.45, 7) is 0.248. The van der Waals surface area contributed by atoms with Gasteiger partial charge in [0, 0.05) is 11.8 Å². The molecule has 1 N–H and O–H groups in total. The zero-order chi connectivity index (χ0) is 16.8. The number of hydrogen-bond acceptors (Lipinski definition) is 4. The highest BCUT2D eigenvalue weighted by molar-refractivity contribution is 5.99. The predicted octanol–water partition coefficient (Wildman–Crippen LogP) is 3.50. The number of nitriles is 1. The molecule has 0 aromatic heterocycles. The third kappa shape index (κ3) is 3.81. The summed E-state index contributed by atoms with van der Waals surface area (Å²) in [6, 6.07) is 14.3. The number of carbonyl (C=O) groups excluding carboxylic acids is 1. The first-order chi connectivity index (χ1) is 11.7. The molecule has 118 valence electrons. The Balaban J connectivity index is 1.55. The molecule has 0 unspecified atom stereocenters. The number of benzene rings is 2. The highest BCUT2D eigenvalue weighted by Gasteiger charge is 2.11. The van der Waals surface area contributed by atoms with Crippen LogP contribution >= 0.6 is 0 Å². The number of carbonyl (C=O) groups is 1. The number of nitrogens with zero attached hydrogens (tertiary/aromatic N) is 1. The third-order valence-electron chi connectivity index (χ3n) is 3.33. The van der Waals surface area contributed by atoms with Crippen LogP contribution in [0.1, 0.15) is 11.1 Å². The Morgan fingerprint density at radius 3 is 2.67 bits per heavy atom. The molecule has 2 aromatic rings. The molecule has 1 heterocycles. The van der Waals surface area contributed by atoms with Crippen molar-refractivity contribution < 1.29 is 14.3 Å². The van der Waals surface area contributed by atoms with E-state index in [4.69, 9.17) is 14.7 Å². The summed E-state index contributed by atoms with van der Waals surface area (Å²) >= 11 is 0. The van der Waals surface area contributed by atoms with Gasteiger partial charge in [-0.15, -0.1) is 0 Å². The molecule has 0 fully saturated rings. The van der Waals surface area contributed by atoms with Gasteiger partial charge < -0.3 is 14.8 Å². The Hall–Kier alpha value is -3.52. The van der Waals surface area contributed by atoms with Gasteiger partial charge in [-0.05, 0) is 42.0 Å². The standard InChI is InChI=1S/C19H14N2O3/c20-12-15-5-8-16(9-6-15)21-19(22)4-2-1-3-14-7-10-17-18(11-14)24-13-23-17/h1-11H,13H2,(H,21,22)/b3-1+,4-2+. The number of anilines is 1. The third-order valence-corrected chi connectivity index (χ3v) is 3.33. The van der Waals surface area contributed by atoms with Gasteiger partial charge in [0.25, 0.3) is 0 Å². The lowest BCUT2D eigenvalue weighted by molar-refractivity contribution is -0.111. The fraction of sp³-hybridized carbons (Fsp3) is 0.0526. The second-order valence-corrected chi connectivity index (χ2v) is 5.01. The molecule has 0 atom stereocenters. The van der Waals surface area contributed by atoms with Crippen LogP contribution in [-0.2, 0) is 4.79 Å². The smallest absolute Gasteiger partial charge is 0.248 e. The quantitative estimate of drug-likeness (QED) is 0.692. The van der Waals surface area contributed by atoms with E-state index in [9.17, 15) is 4.79 Å². The molecule has 5 heteroatoms. The van der Waals surface area contributed by atoms with Crippen LogP contribution in [0.4, 0.5) is 5.69 Å². The Kier molecular flexibility index (Phi) is 4.59. The summed E-state index contributed by atoms with van der Waals surface area (Å²) in [4.78, 5) is 11.8. The molecular formula is C19H14N2O3. The van der Waals surface area contributed by atoms with Gasteiger partial charge in [0.1, 0.15) is 0 Å². The van der Waals surface area contributed by atoms with Crippen molar-refractivity contribution in [3.8, 4) is 17.6 Å². The molecule has 1 aliphatic heterocycles. The Morgan fingerprint density at radius 1 is 1.08 bits per heavy atom. The lowest BCUT2D eigenvalue weighted by Gasteiger charge is -2.01. The molecule has 0 radical (unpaired) electrons. The molecule has 1 amide bonds. The molecule has 0 bridgehead atoms. The van der Waals surface area contributed by atoms with Crippen LogP contribution in [0.5, 0.6) is 11.5 Å². The first-order valence-corrected chi connectivity index (χ1v) is 7.30. The fourth-order valence-electron chi connectivity index (χ4n) is 2.14. The molecule has 0 saturated carbocycles. The molecule has 5 nitrogen and oxygen atoms in total. The average molecular weight is 318 g/mol. The number of allylic oxidation sites excluding steroid dienone is 2. The topological polar surface area (TPSA) is 71.4 Å².